The number of piperazine rings is 1. The van der Waals surface area contributed by atoms with Crippen LogP contribution in [0.1, 0.15) is 31.0 Å². The first-order valence-corrected chi connectivity index (χ1v) is 12.3. The van der Waals surface area contributed by atoms with Gasteiger partial charge in [-0.25, -0.2) is 13.4 Å². The zero-order chi connectivity index (χ0) is 20.6. The first kappa shape index (κ1) is 23.1. The number of aliphatic imine (C=N–C) groups is 1. The van der Waals surface area contributed by atoms with Crippen LogP contribution in [0, 0.1) is 6.92 Å². The molecule has 0 aliphatic carbocycles. The van der Waals surface area contributed by atoms with Gasteiger partial charge in [0.1, 0.15) is 0 Å². The number of ether oxygens (including phenoxy) is 1. The smallest absolute Gasteiger partial charge is 0.216 e. The van der Waals surface area contributed by atoms with Gasteiger partial charge in [-0.15, -0.1) is 11.3 Å². The molecule has 0 bridgehead atoms. The summed E-state index contributed by atoms with van der Waals surface area (Å²) in [5.74, 6) is 0.865. The Balaban J connectivity index is 1.72. The summed E-state index contributed by atoms with van der Waals surface area (Å²) in [7, 11) is -1.51. The van der Waals surface area contributed by atoms with Crippen molar-refractivity contribution in [2.24, 2.45) is 4.99 Å². The monoisotopic (exact) mass is 431 g/mol. The van der Waals surface area contributed by atoms with E-state index in [1.54, 1.807) is 22.7 Å². The van der Waals surface area contributed by atoms with Crippen LogP contribution in [0.2, 0.25) is 0 Å². The van der Waals surface area contributed by atoms with Crippen molar-refractivity contribution in [2.75, 3.05) is 52.1 Å². The largest absolute Gasteiger partial charge is 0.378 e. The Kier molecular flexibility index (Phi) is 9.13. The van der Waals surface area contributed by atoms with Crippen molar-refractivity contribution in [3.8, 4) is 0 Å². The summed E-state index contributed by atoms with van der Waals surface area (Å²) in [6, 6.07) is 0. The van der Waals surface area contributed by atoms with E-state index in [9.17, 15) is 8.42 Å². The van der Waals surface area contributed by atoms with Gasteiger partial charge in [0.2, 0.25) is 10.0 Å². The van der Waals surface area contributed by atoms with Gasteiger partial charge in [-0.3, -0.25) is 4.99 Å². The molecule has 0 unspecified atom stereocenters. The Morgan fingerprint density at radius 1 is 1.36 bits per heavy atom. The number of nitrogens with one attached hydrogen (secondary N) is 1. The van der Waals surface area contributed by atoms with Gasteiger partial charge in [0.05, 0.1) is 23.5 Å². The van der Waals surface area contributed by atoms with Crippen LogP contribution in [0.15, 0.2) is 10.4 Å². The number of aromatic nitrogens is 1. The van der Waals surface area contributed by atoms with Gasteiger partial charge in [-0.05, 0) is 27.2 Å². The lowest BCUT2D eigenvalue weighted by Crippen LogP contribution is -2.54. The van der Waals surface area contributed by atoms with Gasteiger partial charge in [0.25, 0.3) is 0 Å². The van der Waals surface area contributed by atoms with Gasteiger partial charge in [0.15, 0.2) is 5.96 Å². The van der Waals surface area contributed by atoms with Crippen LogP contribution in [-0.4, -0.2) is 86.8 Å². The topological polar surface area (TPSA) is 87.1 Å². The van der Waals surface area contributed by atoms with Gasteiger partial charge in [-0.1, -0.05) is 0 Å². The predicted octanol–water partition coefficient (Wildman–Crippen LogP) is 1.33. The molecule has 1 aliphatic rings. The highest BCUT2D eigenvalue weighted by Gasteiger charge is 2.27. The summed E-state index contributed by atoms with van der Waals surface area (Å²) in [5.41, 5.74) is 1.08. The number of guanidine groups is 1. The molecule has 0 spiro atoms. The van der Waals surface area contributed by atoms with E-state index in [1.807, 2.05) is 20.8 Å². The van der Waals surface area contributed by atoms with E-state index in [2.05, 4.69) is 25.6 Å². The Bertz CT molecular complexity index is 725. The summed E-state index contributed by atoms with van der Waals surface area (Å²) < 4.78 is 31.8. The second-order valence-electron chi connectivity index (χ2n) is 7.08. The highest BCUT2D eigenvalue weighted by molar-refractivity contribution is 7.89. The minimum Gasteiger partial charge on any atom is -0.378 e. The minimum absolute atomic E-state index is 0.0361. The fraction of sp³-hybridized carbons (Fsp3) is 0.778. The maximum Gasteiger partial charge on any atom is 0.216 e. The number of aryl methyl sites for hydroxylation is 2. The zero-order valence-electron chi connectivity index (χ0n) is 17.3. The third kappa shape index (κ3) is 7.31. The van der Waals surface area contributed by atoms with Gasteiger partial charge in [-0.2, -0.15) is 4.31 Å². The average Bonchev–Trinajstić information content (AvgIpc) is 3.07. The van der Waals surface area contributed by atoms with Gasteiger partial charge in [0, 0.05) is 57.3 Å². The van der Waals surface area contributed by atoms with E-state index in [-0.39, 0.29) is 18.5 Å². The number of sulfonamides is 1. The summed E-state index contributed by atoms with van der Waals surface area (Å²) in [6.45, 7) is 9.09. The molecule has 0 amide bonds. The van der Waals surface area contributed by atoms with Gasteiger partial charge < -0.3 is 15.0 Å². The molecule has 0 atom stereocenters. The number of thiazole rings is 1. The van der Waals surface area contributed by atoms with Crippen LogP contribution >= 0.6 is 11.3 Å². The second-order valence-corrected chi connectivity index (χ2v) is 10.1. The molecule has 1 fully saturated rings. The molecule has 8 nitrogen and oxygen atoms in total. The minimum atomic E-state index is -3.27. The van der Waals surface area contributed by atoms with Crippen molar-refractivity contribution >= 4 is 27.3 Å². The van der Waals surface area contributed by atoms with Crippen LogP contribution in [-0.2, 0) is 21.2 Å². The van der Waals surface area contributed by atoms with Crippen molar-refractivity contribution in [3.63, 3.8) is 0 Å². The summed E-state index contributed by atoms with van der Waals surface area (Å²) in [5, 5.41) is 6.62. The Morgan fingerprint density at radius 2 is 2.07 bits per heavy atom. The Morgan fingerprint density at radius 3 is 2.64 bits per heavy atom. The summed E-state index contributed by atoms with van der Waals surface area (Å²) in [6.07, 6.45) is 1.98. The second kappa shape index (κ2) is 11.1. The van der Waals surface area contributed by atoms with Crippen LogP contribution in [0.3, 0.4) is 0 Å². The van der Waals surface area contributed by atoms with Gasteiger partial charge >= 0.3 is 0 Å². The molecule has 0 aromatic carbocycles. The molecule has 10 heteroatoms. The SMILES string of the molecule is CN=C(NCCCc1nc(C)cs1)N1CCN(S(=O)(=O)CCOC(C)C)CC1. The maximum absolute atomic E-state index is 12.4. The fourth-order valence-corrected chi connectivity index (χ4v) is 5.09. The number of hydrogen-bond donors (Lipinski definition) is 1. The molecule has 160 valence electrons. The summed E-state index contributed by atoms with van der Waals surface area (Å²) >= 11 is 1.70. The number of hydrogen-bond acceptors (Lipinski definition) is 6. The van der Waals surface area contributed by atoms with Crippen molar-refractivity contribution in [1.82, 2.24) is 19.5 Å². The molecular weight excluding hydrogens is 398 g/mol. The third-order valence-electron chi connectivity index (χ3n) is 4.45. The number of rotatable bonds is 9. The lowest BCUT2D eigenvalue weighted by atomic mass is 10.3. The van der Waals surface area contributed by atoms with Crippen molar-refractivity contribution in [3.05, 3.63) is 16.1 Å². The quantitative estimate of drug-likeness (QED) is 0.361. The van der Waals surface area contributed by atoms with E-state index in [0.717, 1.165) is 36.0 Å². The molecule has 2 heterocycles. The molecule has 0 radical (unpaired) electrons. The first-order valence-electron chi connectivity index (χ1n) is 9.78. The average molecular weight is 432 g/mol. The Hall–Kier alpha value is -1.23. The molecule has 2 rings (SSSR count). The molecule has 1 N–H and O–H groups in total. The molecule has 1 aliphatic heterocycles. The van der Waals surface area contributed by atoms with E-state index >= 15 is 0 Å². The molecule has 1 aromatic heterocycles. The van der Waals surface area contributed by atoms with E-state index in [1.165, 1.54) is 0 Å². The molecule has 1 aromatic rings. The number of nitrogens with zero attached hydrogens (tertiary/aromatic N) is 4. The zero-order valence-corrected chi connectivity index (χ0v) is 19.0. The fourth-order valence-electron chi connectivity index (χ4n) is 2.99. The lowest BCUT2D eigenvalue weighted by molar-refractivity contribution is 0.0904. The van der Waals surface area contributed by atoms with Crippen molar-refractivity contribution in [1.29, 1.82) is 0 Å². The predicted molar refractivity (Wildman–Crippen MR) is 115 cm³/mol. The van der Waals surface area contributed by atoms with Crippen molar-refractivity contribution in [2.45, 2.75) is 39.7 Å². The molecule has 1 saturated heterocycles. The normalized spacial score (nSPS) is 16.8. The first-order chi connectivity index (χ1) is 13.3. The van der Waals surface area contributed by atoms with Crippen LogP contribution in [0.4, 0.5) is 0 Å². The standard InChI is InChI=1S/C18H33N5O3S2/c1-15(2)26-12-13-28(24,25)23-10-8-22(9-11-23)18(19-4)20-7-5-6-17-21-16(3)14-27-17/h14-15H,5-13H2,1-4H3,(H,19,20). The van der Waals surface area contributed by atoms with Crippen LogP contribution in [0.25, 0.3) is 0 Å². The van der Waals surface area contributed by atoms with Crippen molar-refractivity contribution < 1.29 is 13.2 Å². The highest BCUT2D eigenvalue weighted by atomic mass is 32.2. The van der Waals surface area contributed by atoms with Crippen LogP contribution in [0.5, 0.6) is 0 Å². The van der Waals surface area contributed by atoms with E-state index in [4.69, 9.17) is 4.74 Å². The summed E-state index contributed by atoms with van der Waals surface area (Å²) in [4.78, 5) is 10.9. The van der Waals surface area contributed by atoms with E-state index < -0.39 is 10.0 Å². The van der Waals surface area contributed by atoms with E-state index in [0.29, 0.717) is 26.2 Å². The molecular formula is C18H33N5O3S2. The molecule has 28 heavy (non-hydrogen) atoms. The third-order valence-corrected chi connectivity index (χ3v) is 7.31. The van der Waals surface area contributed by atoms with Crippen LogP contribution < -0.4 is 5.32 Å². The maximum atomic E-state index is 12.4. The lowest BCUT2D eigenvalue weighted by Gasteiger charge is -2.35. The molecule has 0 saturated carbocycles. The Labute approximate surface area is 173 Å². The highest BCUT2D eigenvalue weighted by Crippen LogP contribution is 2.11.